The first kappa shape index (κ1) is 15.2. The Morgan fingerprint density at radius 2 is 1.95 bits per heavy atom. The van der Waals surface area contributed by atoms with Crippen LogP contribution in [0, 0.1) is 0 Å². The van der Waals surface area contributed by atoms with Crippen LogP contribution in [-0.4, -0.2) is 24.0 Å². The van der Waals surface area contributed by atoms with Crippen molar-refractivity contribution in [3.8, 4) is 0 Å². The highest BCUT2D eigenvalue weighted by atomic mass is 32.2. The maximum atomic E-state index is 12.2. The second-order valence-electron chi connectivity index (χ2n) is 4.56. The molecule has 1 aliphatic heterocycles. The summed E-state index contributed by atoms with van der Waals surface area (Å²) in [6.07, 6.45) is 2.85. The van der Waals surface area contributed by atoms with Crippen LogP contribution in [0.1, 0.15) is 19.3 Å². The van der Waals surface area contributed by atoms with Gasteiger partial charge < -0.3 is 10.6 Å². The van der Waals surface area contributed by atoms with Crippen molar-refractivity contribution in [2.45, 2.75) is 35.7 Å². The van der Waals surface area contributed by atoms with Gasteiger partial charge in [0.2, 0.25) is 5.91 Å². The number of amides is 1. The second-order valence-corrected chi connectivity index (χ2v) is 5.70. The van der Waals surface area contributed by atoms with E-state index in [2.05, 4.69) is 10.6 Å². The van der Waals surface area contributed by atoms with Gasteiger partial charge in [0.15, 0.2) is 0 Å². The number of piperidine rings is 1. The Morgan fingerprint density at radius 1 is 1.25 bits per heavy atom. The quantitative estimate of drug-likeness (QED) is 0.841. The minimum Gasteiger partial charge on any atom is -0.325 e. The molecule has 0 radical (unpaired) electrons. The number of nitrogens with one attached hydrogen (secondary N) is 2. The lowest BCUT2D eigenvalue weighted by atomic mass is 10.0. The van der Waals surface area contributed by atoms with Gasteiger partial charge in [-0.25, -0.2) is 0 Å². The fraction of sp³-hybridized carbons (Fsp3) is 0.462. The van der Waals surface area contributed by atoms with Gasteiger partial charge in [0.25, 0.3) is 0 Å². The van der Waals surface area contributed by atoms with Crippen molar-refractivity contribution in [2.75, 3.05) is 11.9 Å². The molecular weight excluding hydrogens is 289 g/mol. The van der Waals surface area contributed by atoms with E-state index in [0.29, 0.717) is 5.69 Å². The van der Waals surface area contributed by atoms with Crippen LogP contribution in [0.4, 0.5) is 18.9 Å². The summed E-state index contributed by atoms with van der Waals surface area (Å²) in [6, 6.07) is 5.45. The van der Waals surface area contributed by atoms with E-state index < -0.39 is 5.51 Å². The van der Waals surface area contributed by atoms with Crippen LogP contribution in [-0.2, 0) is 4.79 Å². The number of alkyl halides is 3. The highest BCUT2D eigenvalue weighted by Gasteiger charge is 2.29. The van der Waals surface area contributed by atoms with Gasteiger partial charge in [-0.15, -0.1) is 0 Å². The van der Waals surface area contributed by atoms with Crippen LogP contribution in [0.15, 0.2) is 29.2 Å². The molecule has 110 valence electrons. The van der Waals surface area contributed by atoms with Crippen LogP contribution < -0.4 is 10.6 Å². The molecule has 0 spiro atoms. The Labute approximate surface area is 119 Å². The van der Waals surface area contributed by atoms with Crippen LogP contribution in [0.2, 0.25) is 0 Å². The largest absolute Gasteiger partial charge is 0.446 e. The number of thioether (sulfide) groups is 1. The zero-order valence-electron chi connectivity index (χ0n) is 10.7. The first-order valence-electron chi connectivity index (χ1n) is 6.34. The summed E-state index contributed by atoms with van der Waals surface area (Å²) in [5.41, 5.74) is -3.79. The lowest BCUT2D eigenvalue weighted by molar-refractivity contribution is -0.118. The first-order chi connectivity index (χ1) is 9.44. The maximum Gasteiger partial charge on any atom is 0.446 e. The summed E-state index contributed by atoms with van der Waals surface area (Å²) in [4.78, 5) is 12.0. The minimum atomic E-state index is -4.29. The molecule has 1 heterocycles. The first-order valence-corrected chi connectivity index (χ1v) is 7.16. The molecule has 2 N–H and O–H groups in total. The van der Waals surface area contributed by atoms with Crippen molar-refractivity contribution in [3.05, 3.63) is 24.3 Å². The summed E-state index contributed by atoms with van der Waals surface area (Å²) < 4.78 is 36.5. The Hall–Kier alpha value is -1.21. The summed E-state index contributed by atoms with van der Waals surface area (Å²) in [6.45, 7) is 0.819. The van der Waals surface area contributed by atoms with E-state index in [9.17, 15) is 18.0 Å². The van der Waals surface area contributed by atoms with E-state index in [0.717, 1.165) is 25.8 Å². The average Bonchev–Trinajstić information content (AvgIpc) is 2.40. The van der Waals surface area contributed by atoms with Crippen molar-refractivity contribution in [2.24, 2.45) is 0 Å². The number of carbonyl (C=O) groups excluding carboxylic acids is 1. The zero-order valence-corrected chi connectivity index (χ0v) is 11.5. The molecule has 1 fully saturated rings. The van der Waals surface area contributed by atoms with Crippen molar-refractivity contribution < 1.29 is 18.0 Å². The topological polar surface area (TPSA) is 41.1 Å². The highest BCUT2D eigenvalue weighted by Crippen LogP contribution is 2.37. The number of rotatable bonds is 3. The molecule has 2 rings (SSSR count). The van der Waals surface area contributed by atoms with Gasteiger partial charge in [0, 0.05) is 10.6 Å². The zero-order chi connectivity index (χ0) is 14.6. The van der Waals surface area contributed by atoms with E-state index in [4.69, 9.17) is 0 Å². The number of hydrogen-bond acceptors (Lipinski definition) is 3. The van der Waals surface area contributed by atoms with Gasteiger partial charge in [0.1, 0.15) is 0 Å². The Bertz CT molecular complexity index is 456. The Morgan fingerprint density at radius 3 is 2.50 bits per heavy atom. The van der Waals surface area contributed by atoms with Gasteiger partial charge in [-0.3, -0.25) is 4.79 Å². The molecule has 1 aromatic rings. The number of benzene rings is 1. The molecule has 7 heteroatoms. The molecule has 1 aromatic carbocycles. The van der Waals surface area contributed by atoms with Gasteiger partial charge >= 0.3 is 5.51 Å². The van der Waals surface area contributed by atoms with Crippen molar-refractivity contribution in [3.63, 3.8) is 0 Å². The fourth-order valence-electron chi connectivity index (χ4n) is 2.04. The summed E-state index contributed by atoms with van der Waals surface area (Å²) in [7, 11) is 0. The van der Waals surface area contributed by atoms with Crippen molar-refractivity contribution >= 4 is 23.4 Å². The lowest BCUT2D eigenvalue weighted by Gasteiger charge is -2.22. The standard InChI is InChI=1S/C13H15F3N2OS/c14-13(15,16)20-10-6-4-9(5-7-10)18-12(19)11-3-1-2-8-17-11/h4-7,11,17H,1-3,8H2,(H,18,19)/t11-/m1/s1. The van der Waals surface area contributed by atoms with Crippen LogP contribution >= 0.6 is 11.8 Å². The lowest BCUT2D eigenvalue weighted by Crippen LogP contribution is -2.43. The number of carbonyl (C=O) groups is 1. The molecule has 20 heavy (non-hydrogen) atoms. The monoisotopic (exact) mass is 304 g/mol. The predicted molar refractivity (Wildman–Crippen MR) is 72.6 cm³/mol. The van der Waals surface area contributed by atoms with E-state index in [1.54, 1.807) is 0 Å². The van der Waals surface area contributed by atoms with E-state index in [-0.39, 0.29) is 28.6 Å². The molecule has 0 bridgehead atoms. The molecule has 3 nitrogen and oxygen atoms in total. The fourth-order valence-corrected chi connectivity index (χ4v) is 2.58. The number of hydrogen-bond donors (Lipinski definition) is 2. The maximum absolute atomic E-state index is 12.2. The average molecular weight is 304 g/mol. The van der Waals surface area contributed by atoms with Gasteiger partial charge in [-0.1, -0.05) is 6.42 Å². The Kier molecular flexibility index (Phi) is 4.93. The van der Waals surface area contributed by atoms with Crippen LogP contribution in [0.5, 0.6) is 0 Å². The van der Waals surface area contributed by atoms with Gasteiger partial charge in [-0.2, -0.15) is 13.2 Å². The number of halogens is 3. The third kappa shape index (κ3) is 4.72. The highest BCUT2D eigenvalue weighted by molar-refractivity contribution is 8.00. The SMILES string of the molecule is O=C(Nc1ccc(SC(F)(F)F)cc1)[C@H]1CCCCN1. The molecule has 1 amide bonds. The van der Waals surface area contributed by atoms with E-state index >= 15 is 0 Å². The molecule has 1 aliphatic rings. The summed E-state index contributed by atoms with van der Waals surface area (Å²) in [5.74, 6) is -0.138. The molecule has 1 saturated heterocycles. The van der Waals surface area contributed by atoms with Crippen molar-refractivity contribution in [1.29, 1.82) is 0 Å². The van der Waals surface area contributed by atoms with E-state index in [1.807, 2.05) is 0 Å². The van der Waals surface area contributed by atoms with Crippen LogP contribution in [0.25, 0.3) is 0 Å². The molecule has 0 saturated carbocycles. The van der Waals surface area contributed by atoms with Gasteiger partial charge in [-0.05, 0) is 55.4 Å². The molecule has 0 aromatic heterocycles. The molecular formula is C13H15F3N2OS. The third-order valence-electron chi connectivity index (χ3n) is 2.98. The molecule has 0 unspecified atom stereocenters. The Balaban J connectivity index is 1.91. The minimum absolute atomic E-state index is 0.103. The molecule has 1 atom stereocenters. The molecule has 0 aliphatic carbocycles. The predicted octanol–water partition coefficient (Wildman–Crippen LogP) is 3.38. The third-order valence-corrected chi connectivity index (χ3v) is 3.72. The van der Waals surface area contributed by atoms with E-state index in [1.165, 1.54) is 24.3 Å². The smallest absolute Gasteiger partial charge is 0.325 e. The normalized spacial score (nSPS) is 19.6. The summed E-state index contributed by atoms with van der Waals surface area (Å²) in [5, 5.41) is 5.83. The second kappa shape index (κ2) is 6.49. The number of anilines is 1. The van der Waals surface area contributed by atoms with Gasteiger partial charge in [0.05, 0.1) is 6.04 Å². The summed E-state index contributed by atoms with van der Waals surface area (Å²) >= 11 is -0.169. The van der Waals surface area contributed by atoms with Crippen molar-refractivity contribution in [1.82, 2.24) is 5.32 Å². The van der Waals surface area contributed by atoms with Crippen LogP contribution in [0.3, 0.4) is 0 Å².